The standard InChI is InChI=1S/C17H14ClN5O2/c18-11-5-6-13-15(7-11)19-10-22(17(13)25)8-12(24)9-23-16-4-2-1-3-14(16)20-21-23/h1-7,10,12,24H,8-9H2. The van der Waals surface area contributed by atoms with Crippen LogP contribution in [0.1, 0.15) is 0 Å². The molecule has 1 N–H and O–H groups in total. The predicted molar refractivity (Wildman–Crippen MR) is 94.5 cm³/mol. The molecule has 0 saturated carbocycles. The van der Waals surface area contributed by atoms with Crippen LogP contribution in [-0.4, -0.2) is 35.8 Å². The quantitative estimate of drug-likeness (QED) is 0.604. The molecule has 0 aliphatic rings. The van der Waals surface area contributed by atoms with Crippen LogP contribution in [-0.2, 0) is 13.1 Å². The molecule has 0 fully saturated rings. The molecule has 0 radical (unpaired) electrons. The first-order valence-corrected chi connectivity index (χ1v) is 8.10. The number of para-hydroxylation sites is 1. The first-order chi connectivity index (χ1) is 12.1. The van der Waals surface area contributed by atoms with Gasteiger partial charge >= 0.3 is 0 Å². The average molecular weight is 356 g/mol. The van der Waals surface area contributed by atoms with Gasteiger partial charge in [-0.2, -0.15) is 0 Å². The van der Waals surface area contributed by atoms with Gasteiger partial charge in [0, 0.05) is 5.02 Å². The van der Waals surface area contributed by atoms with E-state index in [2.05, 4.69) is 15.3 Å². The van der Waals surface area contributed by atoms with Crippen molar-refractivity contribution < 1.29 is 5.11 Å². The smallest absolute Gasteiger partial charge is 0.261 e. The van der Waals surface area contributed by atoms with Gasteiger partial charge in [0.1, 0.15) is 5.52 Å². The minimum atomic E-state index is -0.811. The maximum Gasteiger partial charge on any atom is 0.261 e. The number of aromatic nitrogens is 5. The highest BCUT2D eigenvalue weighted by molar-refractivity contribution is 6.31. The first-order valence-electron chi connectivity index (χ1n) is 7.73. The molecule has 2 aromatic carbocycles. The Kier molecular flexibility index (Phi) is 3.95. The Bertz CT molecular complexity index is 1120. The van der Waals surface area contributed by atoms with Gasteiger partial charge in [-0.3, -0.25) is 9.36 Å². The zero-order valence-corrected chi connectivity index (χ0v) is 13.8. The van der Waals surface area contributed by atoms with Crippen molar-refractivity contribution in [3.8, 4) is 0 Å². The Morgan fingerprint density at radius 1 is 1.12 bits per heavy atom. The number of rotatable bonds is 4. The summed E-state index contributed by atoms with van der Waals surface area (Å²) in [5, 5.41) is 19.5. The van der Waals surface area contributed by atoms with E-state index in [1.54, 1.807) is 22.9 Å². The van der Waals surface area contributed by atoms with Gasteiger partial charge in [0.15, 0.2) is 0 Å². The van der Waals surface area contributed by atoms with Crippen molar-refractivity contribution >= 4 is 33.5 Å². The summed E-state index contributed by atoms with van der Waals surface area (Å²) in [6.45, 7) is 0.337. The molecule has 126 valence electrons. The summed E-state index contributed by atoms with van der Waals surface area (Å²) >= 11 is 5.92. The number of hydrogen-bond acceptors (Lipinski definition) is 5. The van der Waals surface area contributed by atoms with Gasteiger partial charge in [-0.1, -0.05) is 28.9 Å². The van der Waals surface area contributed by atoms with Crippen LogP contribution >= 0.6 is 11.6 Å². The summed E-state index contributed by atoms with van der Waals surface area (Å²) in [7, 11) is 0. The lowest BCUT2D eigenvalue weighted by Gasteiger charge is -2.13. The second-order valence-electron chi connectivity index (χ2n) is 5.78. The predicted octanol–water partition coefficient (Wildman–Crippen LogP) is 1.86. The van der Waals surface area contributed by atoms with E-state index in [1.807, 2.05) is 24.3 Å². The Morgan fingerprint density at radius 3 is 2.84 bits per heavy atom. The van der Waals surface area contributed by atoms with Gasteiger partial charge in [0.25, 0.3) is 5.56 Å². The van der Waals surface area contributed by atoms with E-state index < -0.39 is 6.10 Å². The fraction of sp³-hybridized carbons (Fsp3) is 0.176. The molecule has 0 amide bonds. The van der Waals surface area contributed by atoms with Gasteiger partial charge in [0.2, 0.25) is 0 Å². The van der Waals surface area contributed by atoms with Crippen LogP contribution < -0.4 is 5.56 Å². The molecule has 2 heterocycles. The lowest BCUT2D eigenvalue weighted by atomic mass is 10.2. The first kappa shape index (κ1) is 15.7. The van der Waals surface area contributed by atoms with E-state index >= 15 is 0 Å². The van der Waals surface area contributed by atoms with Crippen molar-refractivity contribution in [3.63, 3.8) is 0 Å². The summed E-state index contributed by atoms with van der Waals surface area (Å²) in [5.41, 5.74) is 1.91. The van der Waals surface area contributed by atoms with Crippen LogP contribution in [0.2, 0.25) is 5.02 Å². The topological polar surface area (TPSA) is 85.8 Å². The van der Waals surface area contributed by atoms with E-state index in [9.17, 15) is 9.90 Å². The molecule has 1 atom stereocenters. The number of hydrogen-bond donors (Lipinski definition) is 1. The molecule has 4 rings (SSSR count). The third-order valence-electron chi connectivity index (χ3n) is 4.00. The van der Waals surface area contributed by atoms with E-state index in [0.29, 0.717) is 15.9 Å². The van der Waals surface area contributed by atoms with Gasteiger partial charge < -0.3 is 5.11 Å². The van der Waals surface area contributed by atoms with Crippen LogP contribution in [0.15, 0.2) is 53.6 Å². The third-order valence-corrected chi connectivity index (χ3v) is 4.23. The van der Waals surface area contributed by atoms with Gasteiger partial charge in [0.05, 0.1) is 41.9 Å². The van der Waals surface area contributed by atoms with Crippen LogP contribution in [0.4, 0.5) is 0 Å². The van der Waals surface area contributed by atoms with Gasteiger partial charge in [-0.05, 0) is 30.3 Å². The Balaban J connectivity index is 1.59. The Morgan fingerprint density at radius 2 is 1.96 bits per heavy atom. The number of fused-ring (bicyclic) bond motifs is 2. The van der Waals surface area contributed by atoms with Crippen LogP contribution in [0.3, 0.4) is 0 Å². The maximum absolute atomic E-state index is 12.5. The molecule has 8 heteroatoms. The second kappa shape index (κ2) is 6.27. The highest BCUT2D eigenvalue weighted by atomic mass is 35.5. The highest BCUT2D eigenvalue weighted by Gasteiger charge is 2.13. The second-order valence-corrected chi connectivity index (χ2v) is 6.21. The zero-order valence-electron chi connectivity index (χ0n) is 13.1. The number of nitrogens with zero attached hydrogens (tertiary/aromatic N) is 5. The zero-order chi connectivity index (χ0) is 17.4. The molecular formula is C17H14ClN5O2. The fourth-order valence-corrected chi connectivity index (χ4v) is 2.96. The molecule has 1 unspecified atom stereocenters. The molecule has 7 nitrogen and oxygen atoms in total. The number of aliphatic hydroxyl groups excluding tert-OH is 1. The van der Waals surface area contributed by atoms with Crippen LogP contribution in [0.5, 0.6) is 0 Å². The molecule has 2 aromatic heterocycles. The highest BCUT2D eigenvalue weighted by Crippen LogP contribution is 2.14. The van der Waals surface area contributed by atoms with Gasteiger partial charge in [-0.15, -0.1) is 5.10 Å². The number of halogens is 1. The molecular weight excluding hydrogens is 342 g/mol. The molecule has 0 saturated heterocycles. The molecule has 0 aliphatic carbocycles. The lowest BCUT2D eigenvalue weighted by molar-refractivity contribution is 0.129. The molecule has 0 spiro atoms. The summed E-state index contributed by atoms with van der Waals surface area (Å²) in [6.07, 6.45) is 0.610. The van der Waals surface area contributed by atoms with Crippen molar-refractivity contribution in [2.45, 2.75) is 19.2 Å². The Labute approximate surface area is 147 Å². The SMILES string of the molecule is O=c1c2ccc(Cl)cc2ncn1CC(O)Cn1nnc2ccccc21. The lowest BCUT2D eigenvalue weighted by Crippen LogP contribution is -2.29. The van der Waals surface area contributed by atoms with Gasteiger partial charge in [-0.25, -0.2) is 9.67 Å². The largest absolute Gasteiger partial charge is 0.389 e. The fourth-order valence-electron chi connectivity index (χ4n) is 2.80. The van der Waals surface area contributed by atoms with E-state index in [1.165, 1.54) is 10.9 Å². The minimum Gasteiger partial charge on any atom is -0.389 e. The average Bonchev–Trinajstić information content (AvgIpc) is 3.00. The summed E-state index contributed by atoms with van der Waals surface area (Å²) in [4.78, 5) is 16.8. The number of aliphatic hydroxyl groups is 1. The van der Waals surface area contributed by atoms with Crippen molar-refractivity contribution in [1.29, 1.82) is 0 Å². The van der Waals surface area contributed by atoms with E-state index in [0.717, 1.165) is 11.0 Å². The maximum atomic E-state index is 12.5. The minimum absolute atomic E-state index is 0.110. The summed E-state index contributed by atoms with van der Waals surface area (Å²) in [6, 6.07) is 12.4. The molecule has 25 heavy (non-hydrogen) atoms. The number of benzene rings is 2. The van der Waals surface area contributed by atoms with E-state index in [4.69, 9.17) is 11.6 Å². The van der Waals surface area contributed by atoms with E-state index in [-0.39, 0.29) is 18.6 Å². The summed E-state index contributed by atoms with van der Waals surface area (Å²) in [5.74, 6) is 0. The Hall–Kier alpha value is -2.77. The normalized spacial score (nSPS) is 12.7. The summed E-state index contributed by atoms with van der Waals surface area (Å²) < 4.78 is 3.01. The van der Waals surface area contributed by atoms with Crippen molar-refractivity contribution in [2.75, 3.05) is 0 Å². The molecule has 4 aromatic rings. The third kappa shape index (κ3) is 2.99. The van der Waals surface area contributed by atoms with Crippen molar-refractivity contribution in [1.82, 2.24) is 24.5 Å². The molecule has 0 bridgehead atoms. The molecule has 0 aliphatic heterocycles. The monoisotopic (exact) mass is 355 g/mol. The van der Waals surface area contributed by atoms with Crippen LogP contribution in [0.25, 0.3) is 21.9 Å². The van der Waals surface area contributed by atoms with Crippen molar-refractivity contribution in [2.24, 2.45) is 0 Å². The van der Waals surface area contributed by atoms with Crippen LogP contribution in [0, 0.1) is 0 Å². The van der Waals surface area contributed by atoms with Crippen molar-refractivity contribution in [3.05, 3.63) is 64.2 Å².